The highest BCUT2D eigenvalue weighted by atomic mass is 16.1. The molecule has 2 N–H and O–H groups in total. The molecule has 3 aromatic rings. The van der Waals surface area contributed by atoms with Crippen molar-refractivity contribution in [1.82, 2.24) is 9.97 Å². The molecule has 0 radical (unpaired) electrons. The molecular formula is C21H25N3O. The summed E-state index contributed by atoms with van der Waals surface area (Å²) in [7, 11) is 0. The number of carbonyl (C=O) groups excluding carboxylic acids is 1. The van der Waals surface area contributed by atoms with E-state index in [2.05, 4.69) is 60.3 Å². The Morgan fingerprint density at radius 1 is 1.12 bits per heavy atom. The van der Waals surface area contributed by atoms with Crippen LogP contribution in [-0.4, -0.2) is 15.9 Å². The van der Waals surface area contributed by atoms with E-state index in [1.807, 2.05) is 25.1 Å². The van der Waals surface area contributed by atoms with Gasteiger partial charge in [0.05, 0.1) is 11.0 Å². The Kier molecular flexibility index (Phi) is 4.62. The summed E-state index contributed by atoms with van der Waals surface area (Å²) in [5.74, 6) is 0.476. The van der Waals surface area contributed by atoms with Gasteiger partial charge in [0.25, 0.3) is 0 Å². The lowest BCUT2D eigenvalue weighted by atomic mass is 9.86. The SMILES string of the molecule is Cc1ccc2nc(NC(=O)CCc3ccc(C(C)(C)C)cc3)[nH]c2c1. The molecule has 0 saturated carbocycles. The highest BCUT2D eigenvalue weighted by Crippen LogP contribution is 2.22. The van der Waals surface area contributed by atoms with Crippen molar-refractivity contribution in [3.05, 3.63) is 59.2 Å². The molecular weight excluding hydrogens is 310 g/mol. The van der Waals surface area contributed by atoms with E-state index >= 15 is 0 Å². The average Bonchev–Trinajstić information content (AvgIpc) is 2.93. The molecule has 0 spiro atoms. The number of rotatable bonds is 4. The summed E-state index contributed by atoms with van der Waals surface area (Å²) < 4.78 is 0. The van der Waals surface area contributed by atoms with Crippen LogP contribution >= 0.6 is 0 Å². The molecule has 0 bridgehead atoms. The fourth-order valence-corrected chi connectivity index (χ4v) is 2.81. The van der Waals surface area contributed by atoms with Gasteiger partial charge in [-0.1, -0.05) is 51.1 Å². The zero-order chi connectivity index (χ0) is 18.0. The first kappa shape index (κ1) is 17.2. The van der Waals surface area contributed by atoms with Crippen molar-refractivity contribution in [2.45, 2.75) is 46.0 Å². The largest absolute Gasteiger partial charge is 0.324 e. The van der Waals surface area contributed by atoms with Crippen LogP contribution in [0, 0.1) is 6.92 Å². The number of H-pyrrole nitrogens is 1. The summed E-state index contributed by atoms with van der Waals surface area (Å²) >= 11 is 0. The monoisotopic (exact) mass is 335 g/mol. The first-order valence-corrected chi connectivity index (χ1v) is 8.67. The Morgan fingerprint density at radius 2 is 1.84 bits per heavy atom. The fourth-order valence-electron chi connectivity index (χ4n) is 2.81. The minimum Gasteiger partial charge on any atom is -0.324 e. The lowest BCUT2D eigenvalue weighted by molar-refractivity contribution is -0.116. The van der Waals surface area contributed by atoms with Crippen molar-refractivity contribution in [2.24, 2.45) is 0 Å². The van der Waals surface area contributed by atoms with Crippen molar-refractivity contribution >= 4 is 22.9 Å². The third-order valence-electron chi connectivity index (χ3n) is 4.36. The van der Waals surface area contributed by atoms with E-state index in [1.165, 1.54) is 11.1 Å². The minimum absolute atomic E-state index is 0.0318. The molecule has 3 rings (SSSR count). The summed E-state index contributed by atoms with van der Waals surface area (Å²) in [6.07, 6.45) is 1.15. The maximum atomic E-state index is 12.2. The number of aromatic nitrogens is 2. The minimum atomic E-state index is -0.0318. The molecule has 0 aliphatic carbocycles. The molecule has 0 unspecified atom stereocenters. The summed E-state index contributed by atoms with van der Waals surface area (Å²) in [6.45, 7) is 8.63. The summed E-state index contributed by atoms with van der Waals surface area (Å²) in [5, 5.41) is 2.85. The van der Waals surface area contributed by atoms with E-state index in [0.29, 0.717) is 12.4 Å². The Balaban J connectivity index is 1.58. The van der Waals surface area contributed by atoms with Crippen molar-refractivity contribution in [2.75, 3.05) is 5.32 Å². The molecule has 0 aliphatic rings. The number of hydrogen-bond acceptors (Lipinski definition) is 2. The van der Waals surface area contributed by atoms with E-state index in [4.69, 9.17) is 0 Å². The highest BCUT2D eigenvalue weighted by molar-refractivity contribution is 5.91. The third kappa shape index (κ3) is 4.27. The number of benzene rings is 2. The van der Waals surface area contributed by atoms with Crippen LogP contribution in [0.2, 0.25) is 0 Å². The molecule has 1 aromatic heterocycles. The van der Waals surface area contributed by atoms with Gasteiger partial charge in [-0.25, -0.2) is 4.98 Å². The summed E-state index contributed by atoms with van der Waals surface area (Å²) in [6, 6.07) is 14.5. The van der Waals surface area contributed by atoms with Gasteiger partial charge in [-0.2, -0.15) is 0 Å². The molecule has 1 amide bonds. The van der Waals surface area contributed by atoms with Gasteiger partial charge in [0, 0.05) is 6.42 Å². The van der Waals surface area contributed by atoms with Gasteiger partial charge in [0.2, 0.25) is 11.9 Å². The van der Waals surface area contributed by atoms with Crippen molar-refractivity contribution in [1.29, 1.82) is 0 Å². The first-order chi connectivity index (χ1) is 11.8. The standard InChI is InChI=1S/C21H25N3O/c1-14-5-11-17-18(13-14)23-20(22-17)24-19(25)12-8-15-6-9-16(10-7-15)21(2,3)4/h5-7,9-11,13H,8,12H2,1-4H3,(H2,22,23,24,25). The smallest absolute Gasteiger partial charge is 0.227 e. The van der Waals surface area contributed by atoms with Crippen molar-refractivity contribution in [3.63, 3.8) is 0 Å². The molecule has 130 valence electrons. The number of fused-ring (bicyclic) bond motifs is 1. The average molecular weight is 335 g/mol. The molecule has 0 aliphatic heterocycles. The molecule has 2 aromatic carbocycles. The van der Waals surface area contributed by atoms with Gasteiger partial charge in [-0.15, -0.1) is 0 Å². The van der Waals surface area contributed by atoms with Crippen LogP contribution in [0.4, 0.5) is 5.95 Å². The predicted octanol–water partition coefficient (Wildman–Crippen LogP) is 4.74. The predicted molar refractivity (Wildman–Crippen MR) is 103 cm³/mol. The lowest BCUT2D eigenvalue weighted by Gasteiger charge is -2.19. The molecule has 4 nitrogen and oxygen atoms in total. The number of anilines is 1. The van der Waals surface area contributed by atoms with Gasteiger partial charge in [0.15, 0.2) is 0 Å². The second kappa shape index (κ2) is 6.71. The topological polar surface area (TPSA) is 57.8 Å². The zero-order valence-corrected chi connectivity index (χ0v) is 15.3. The van der Waals surface area contributed by atoms with Crippen LogP contribution in [0.25, 0.3) is 11.0 Å². The number of carbonyl (C=O) groups is 1. The Morgan fingerprint density at radius 3 is 2.52 bits per heavy atom. The van der Waals surface area contributed by atoms with Crippen LogP contribution < -0.4 is 5.32 Å². The zero-order valence-electron chi connectivity index (χ0n) is 15.3. The molecule has 4 heteroatoms. The number of aryl methyl sites for hydroxylation is 2. The van der Waals surface area contributed by atoms with Crippen LogP contribution in [-0.2, 0) is 16.6 Å². The van der Waals surface area contributed by atoms with Gasteiger partial charge in [-0.05, 0) is 47.6 Å². The van der Waals surface area contributed by atoms with Gasteiger partial charge in [-0.3, -0.25) is 10.1 Å². The van der Waals surface area contributed by atoms with Gasteiger partial charge >= 0.3 is 0 Å². The van der Waals surface area contributed by atoms with E-state index in [-0.39, 0.29) is 11.3 Å². The maximum Gasteiger partial charge on any atom is 0.227 e. The number of nitrogens with zero attached hydrogens (tertiary/aromatic N) is 1. The Labute approximate surface area is 148 Å². The van der Waals surface area contributed by atoms with Gasteiger partial charge < -0.3 is 4.98 Å². The van der Waals surface area contributed by atoms with E-state index < -0.39 is 0 Å². The van der Waals surface area contributed by atoms with Crippen LogP contribution in [0.15, 0.2) is 42.5 Å². The highest BCUT2D eigenvalue weighted by Gasteiger charge is 2.13. The lowest BCUT2D eigenvalue weighted by Crippen LogP contribution is -2.13. The number of aromatic amines is 1. The number of imidazole rings is 1. The Hall–Kier alpha value is -2.62. The summed E-state index contributed by atoms with van der Waals surface area (Å²) in [4.78, 5) is 19.7. The molecule has 0 atom stereocenters. The van der Waals surface area contributed by atoms with E-state index in [0.717, 1.165) is 23.0 Å². The van der Waals surface area contributed by atoms with E-state index in [1.54, 1.807) is 0 Å². The van der Waals surface area contributed by atoms with Crippen LogP contribution in [0.5, 0.6) is 0 Å². The molecule has 0 fully saturated rings. The van der Waals surface area contributed by atoms with Gasteiger partial charge in [0.1, 0.15) is 0 Å². The maximum absolute atomic E-state index is 12.2. The second-order valence-electron chi connectivity index (χ2n) is 7.60. The number of hydrogen-bond donors (Lipinski definition) is 2. The normalized spacial score (nSPS) is 11.7. The third-order valence-corrected chi connectivity index (χ3v) is 4.36. The second-order valence-corrected chi connectivity index (χ2v) is 7.60. The quantitative estimate of drug-likeness (QED) is 0.723. The van der Waals surface area contributed by atoms with Crippen LogP contribution in [0.1, 0.15) is 43.9 Å². The fraction of sp³-hybridized carbons (Fsp3) is 0.333. The molecule has 0 saturated heterocycles. The van der Waals surface area contributed by atoms with Crippen molar-refractivity contribution in [3.8, 4) is 0 Å². The van der Waals surface area contributed by atoms with Crippen LogP contribution in [0.3, 0.4) is 0 Å². The Bertz CT molecular complexity index is 886. The number of amides is 1. The first-order valence-electron chi connectivity index (χ1n) is 8.67. The number of nitrogens with one attached hydrogen (secondary N) is 2. The molecule has 25 heavy (non-hydrogen) atoms. The summed E-state index contributed by atoms with van der Waals surface area (Å²) in [5.41, 5.74) is 5.58. The molecule has 1 heterocycles. The van der Waals surface area contributed by atoms with Crippen molar-refractivity contribution < 1.29 is 4.79 Å². The van der Waals surface area contributed by atoms with E-state index in [9.17, 15) is 4.79 Å².